The number of fused-ring (bicyclic) bond motifs is 1. The van der Waals surface area contributed by atoms with Gasteiger partial charge in [-0.3, -0.25) is 4.98 Å². The van der Waals surface area contributed by atoms with Gasteiger partial charge in [0.2, 0.25) is 0 Å². The summed E-state index contributed by atoms with van der Waals surface area (Å²) >= 11 is 0. The van der Waals surface area contributed by atoms with Crippen LogP contribution in [0.5, 0.6) is 0 Å². The van der Waals surface area contributed by atoms with Crippen LogP contribution in [0.4, 0.5) is 0 Å². The Bertz CT molecular complexity index is 359. The Kier molecular flexibility index (Phi) is 1.59. The summed E-state index contributed by atoms with van der Waals surface area (Å²) in [5, 5.41) is 1.00. The summed E-state index contributed by atoms with van der Waals surface area (Å²) in [4.78, 5) is 3.98. The van der Waals surface area contributed by atoms with E-state index in [-0.39, 0.29) is 6.04 Å². The number of nitrogens with zero attached hydrogens (tertiary/aromatic N) is 1. The number of furan rings is 1. The summed E-state index contributed by atoms with van der Waals surface area (Å²) in [6.45, 7) is 1.89. The first kappa shape index (κ1) is 7.31. The average Bonchev–Trinajstić information content (AvgIpc) is 2.46. The van der Waals surface area contributed by atoms with Crippen molar-refractivity contribution in [3.63, 3.8) is 0 Å². The predicted octanol–water partition coefficient (Wildman–Crippen LogP) is 1.85. The quantitative estimate of drug-likeness (QED) is 0.696. The molecule has 3 heteroatoms. The molecule has 0 aliphatic rings. The second kappa shape index (κ2) is 2.60. The third-order valence-corrected chi connectivity index (χ3v) is 1.78. The fourth-order valence-electron chi connectivity index (χ4n) is 1.13. The number of hydrogen-bond acceptors (Lipinski definition) is 3. The Morgan fingerprint density at radius 1 is 1.58 bits per heavy atom. The first-order valence-electron chi connectivity index (χ1n) is 3.86. The Morgan fingerprint density at radius 2 is 2.42 bits per heavy atom. The van der Waals surface area contributed by atoms with Crippen LogP contribution >= 0.6 is 0 Å². The summed E-state index contributed by atoms with van der Waals surface area (Å²) in [5.74, 6) is 0.804. The van der Waals surface area contributed by atoms with E-state index in [1.54, 1.807) is 12.4 Å². The van der Waals surface area contributed by atoms with Crippen LogP contribution in [-0.2, 0) is 0 Å². The standard InChI is InChI=1S/C9H10N2O/c1-6(10)9-4-7-5-11-3-2-8(7)12-9/h2-6H,10H2,1H3. The van der Waals surface area contributed by atoms with E-state index in [0.717, 1.165) is 16.7 Å². The summed E-state index contributed by atoms with van der Waals surface area (Å²) in [6, 6.07) is 3.70. The van der Waals surface area contributed by atoms with Crippen LogP contribution in [0, 0.1) is 0 Å². The molecule has 2 aromatic heterocycles. The molecule has 2 N–H and O–H groups in total. The van der Waals surface area contributed by atoms with Gasteiger partial charge in [0.05, 0.1) is 6.04 Å². The monoisotopic (exact) mass is 162 g/mol. The van der Waals surface area contributed by atoms with Crippen LogP contribution in [0.3, 0.4) is 0 Å². The van der Waals surface area contributed by atoms with Crippen LogP contribution in [-0.4, -0.2) is 4.98 Å². The zero-order chi connectivity index (χ0) is 8.55. The highest BCUT2D eigenvalue weighted by atomic mass is 16.3. The molecule has 0 bridgehead atoms. The zero-order valence-electron chi connectivity index (χ0n) is 6.82. The summed E-state index contributed by atoms with van der Waals surface area (Å²) in [5.41, 5.74) is 6.51. The molecule has 2 rings (SSSR count). The van der Waals surface area contributed by atoms with Crippen LogP contribution in [0.1, 0.15) is 18.7 Å². The summed E-state index contributed by atoms with van der Waals surface area (Å²) in [6.07, 6.45) is 3.47. The fourth-order valence-corrected chi connectivity index (χ4v) is 1.13. The summed E-state index contributed by atoms with van der Waals surface area (Å²) in [7, 11) is 0. The van der Waals surface area contributed by atoms with E-state index >= 15 is 0 Å². The molecule has 0 fully saturated rings. The lowest BCUT2D eigenvalue weighted by atomic mass is 10.2. The lowest BCUT2D eigenvalue weighted by Crippen LogP contribution is -2.02. The largest absolute Gasteiger partial charge is 0.459 e. The molecule has 0 aliphatic heterocycles. The third-order valence-electron chi connectivity index (χ3n) is 1.78. The molecule has 1 atom stereocenters. The highest BCUT2D eigenvalue weighted by molar-refractivity contribution is 5.76. The topological polar surface area (TPSA) is 52.0 Å². The first-order valence-corrected chi connectivity index (χ1v) is 3.86. The number of rotatable bonds is 1. The molecule has 2 heterocycles. The second-order valence-corrected chi connectivity index (χ2v) is 2.85. The Labute approximate surface area is 70.2 Å². The molecule has 0 aromatic carbocycles. The van der Waals surface area contributed by atoms with Gasteiger partial charge in [-0.2, -0.15) is 0 Å². The van der Waals surface area contributed by atoms with Gasteiger partial charge in [-0.15, -0.1) is 0 Å². The average molecular weight is 162 g/mol. The maximum Gasteiger partial charge on any atom is 0.137 e. The zero-order valence-corrected chi connectivity index (χ0v) is 6.82. The SMILES string of the molecule is CC(N)c1cc2cnccc2o1. The van der Waals surface area contributed by atoms with Gasteiger partial charge in [0, 0.05) is 17.8 Å². The molecule has 0 saturated carbocycles. The van der Waals surface area contributed by atoms with Crippen LogP contribution in [0.2, 0.25) is 0 Å². The lowest BCUT2D eigenvalue weighted by Gasteiger charge is -1.96. The van der Waals surface area contributed by atoms with Gasteiger partial charge in [0.25, 0.3) is 0 Å². The molecular weight excluding hydrogens is 152 g/mol. The van der Waals surface area contributed by atoms with E-state index in [1.807, 2.05) is 19.1 Å². The Morgan fingerprint density at radius 3 is 3.08 bits per heavy atom. The Balaban J connectivity index is 2.62. The molecule has 0 saturated heterocycles. The number of pyridine rings is 1. The molecule has 62 valence electrons. The van der Waals surface area contributed by atoms with Crippen molar-refractivity contribution in [1.82, 2.24) is 4.98 Å². The van der Waals surface area contributed by atoms with E-state index < -0.39 is 0 Å². The molecule has 0 aliphatic carbocycles. The van der Waals surface area contributed by atoms with Crippen molar-refractivity contribution in [3.8, 4) is 0 Å². The molecule has 0 spiro atoms. The molecule has 0 radical (unpaired) electrons. The van der Waals surface area contributed by atoms with Gasteiger partial charge in [0.15, 0.2) is 0 Å². The normalized spacial score (nSPS) is 13.5. The van der Waals surface area contributed by atoms with Gasteiger partial charge < -0.3 is 10.2 Å². The number of aromatic nitrogens is 1. The van der Waals surface area contributed by atoms with Crippen molar-refractivity contribution in [3.05, 3.63) is 30.3 Å². The predicted molar refractivity (Wildman–Crippen MR) is 46.6 cm³/mol. The van der Waals surface area contributed by atoms with Crippen molar-refractivity contribution < 1.29 is 4.42 Å². The molecule has 1 unspecified atom stereocenters. The smallest absolute Gasteiger partial charge is 0.137 e. The molecule has 0 amide bonds. The Hall–Kier alpha value is -1.35. The molecule has 2 aromatic rings. The lowest BCUT2D eigenvalue weighted by molar-refractivity contribution is 0.513. The van der Waals surface area contributed by atoms with Crippen LogP contribution in [0.15, 0.2) is 28.9 Å². The van der Waals surface area contributed by atoms with Crippen LogP contribution in [0.25, 0.3) is 11.0 Å². The first-order chi connectivity index (χ1) is 5.77. The van der Waals surface area contributed by atoms with Gasteiger partial charge in [-0.05, 0) is 19.1 Å². The van der Waals surface area contributed by atoms with Crippen molar-refractivity contribution in [2.45, 2.75) is 13.0 Å². The fraction of sp³-hybridized carbons (Fsp3) is 0.222. The van der Waals surface area contributed by atoms with Gasteiger partial charge in [-0.1, -0.05) is 0 Å². The van der Waals surface area contributed by atoms with Crippen molar-refractivity contribution in [2.24, 2.45) is 5.73 Å². The van der Waals surface area contributed by atoms with E-state index in [0.29, 0.717) is 0 Å². The van der Waals surface area contributed by atoms with E-state index in [4.69, 9.17) is 10.2 Å². The molecular formula is C9H10N2O. The van der Waals surface area contributed by atoms with Gasteiger partial charge >= 0.3 is 0 Å². The minimum atomic E-state index is -0.0580. The second-order valence-electron chi connectivity index (χ2n) is 2.85. The van der Waals surface area contributed by atoms with Gasteiger partial charge in [0.1, 0.15) is 11.3 Å². The summed E-state index contributed by atoms with van der Waals surface area (Å²) < 4.78 is 5.46. The van der Waals surface area contributed by atoms with Crippen molar-refractivity contribution in [1.29, 1.82) is 0 Å². The minimum Gasteiger partial charge on any atom is -0.459 e. The van der Waals surface area contributed by atoms with E-state index in [1.165, 1.54) is 0 Å². The third kappa shape index (κ3) is 1.08. The maximum absolute atomic E-state index is 5.66. The molecule has 3 nitrogen and oxygen atoms in total. The highest BCUT2D eigenvalue weighted by Gasteiger charge is 2.06. The van der Waals surface area contributed by atoms with E-state index in [9.17, 15) is 0 Å². The maximum atomic E-state index is 5.66. The van der Waals surface area contributed by atoms with Crippen molar-refractivity contribution >= 4 is 11.0 Å². The number of nitrogens with two attached hydrogens (primary N) is 1. The number of hydrogen-bond donors (Lipinski definition) is 1. The highest BCUT2D eigenvalue weighted by Crippen LogP contribution is 2.21. The van der Waals surface area contributed by atoms with Gasteiger partial charge in [-0.25, -0.2) is 0 Å². The minimum absolute atomic E-state index is 0.0580. The van der Waals surface area contributed by atoms with Crippen molar-refractivity contribution in [2.75, 3.05) is 0 Å². The van der Waals surface area contributed by atoms with E-state index in [2.05, 4.69) is 4.98 Å². The molecule has 12 heavy (non-hydrogen) atoms. The van der Waals surface area contributed by atoms with Crippen LogP contribution < -0.4 is 5.73 Å².